The maximum atomic E-state index is 8.98. The molecule has 0 amide bonds. The van der Waals surface area contributed by atoms with Crippen LogP contribution in [0.4, 0.5) is 0 Å². The molecule has 112 valence electrons. The standard InChI is InChI=1S/C16H19ClN2O2/c1-19(7-8-20)11-14-9-15(17)4-5-16(14)21-12-13-3-2-6-18-10-13/h2-6,9-10,20H,7-8,11-12H2,1H3. The summed E-state index contributed by atoms with van der Waals surface area (Å²) >= 11 is 6.06. The normalized spacial score (nSPS) is 10.9. The number of hydrogen-bond donors (Lipinski definition) is 1. The van der Waals surface area contributed by atoms with Gasteiger partial charge < -0.3 is 9.84 Å². The van der Waals surface area contributed by atoms with E-state index in [2.05, 4.69) is 4.98 Å². The molecule has 0 bridgehead atoms. The molecule has 2 rings (SSSR count). The fourth-order valence-corrected chi connectivity index (χ4v) is 2.19. The molecule has 2 aromatic rings. The van der Waals surface area contributed by atoms with Gasteiger partial charge in [0.25, 0.3) is 0 Å². The van der Waals surface area contributed by atoms with Crippen LogP contribution in [-0.4, -0.2) is 35.2 Å². The minimum Gasteiger partial charge on any atom is -0.489 e. The molecule has 0 fully saturated rings. The topological polar surface area (TPSA) is 45.6 Å². The fraction of sp³-hybridized carbons (Fsp3) is 0.312. The van der Waals surface area contributed by atoms with E-state index in [9.17, 15) is 0 Å². The van der Waals surface area contributed by atoms with E-state index in [0.717, 1.165) is 16.9 Å². The van der Waals surface area contributed by atoms with Crippen LogP contribution in [0.5, 0.6) is 5.75 Å². The smallest absolute Gasteiger partial charge is 0.124 e. The lowest BCUT2D eigenvalue weighted by Gasteiger charge is -2.18. The van der Waals surface area contributed by atoms with Crippen molar-refractivity contribution in [1.29, 1.82) is 0 Å². The van der Waals surface area contributed by atoms with Crippen LogP contribution in [0.25, 0.3) is 0 Å². The number of ether oxygens (including phenoxy) is 1. The first-order chi connectivity index (χ1) is 10.2. The third kappa shape index (κ3) is 5.01. The van der Waals surface area contributed by atoms with E-state index < -0.39 is 0 Å². The lowest BCUT2D eigenvalue weighted by atomic mass is 10.2. The van der Waals surface area contributed by atoms with Gasteiger partial charge in [-0.25, -0.2) is 0 Å². The lowest BCUT2D eigenvalue weighted by molar-refractivity contribution is 0.214. The second-order valence-electron chi connectivity index (χ2n) is 4.86. The number of rotatable bonds is 7. The summed E-state index contributed by atoms with van der Waals surface area (Å²) in [5.41, 5.74) is 2.02. The van der Waals surface area contributed by atoms with Crippen LogP contribution in [-0.2, 0) is 13.2 Å². The Bertz CT molecular complexity index is 563. The van der Waals surface area contributed by atoms with Crippen molar-refractivity contribution in [3.05, 3.63) is 58.9 Å². The summed E-state index contributed by atoms with van der Waals surface area (Å²) in [7, 11) is 1.95. The van der Waals surface area contributed by atoms with E-state index in [4.69, 9.17) is 21.4 Å². The highest BCUT2D eigenvalue weighted by molar-refractivity contribution is 6.30. The number of hydrogen-bond acceptors (Lipinski definition) is 4. The van der Waals surface area contributed by atoms with Gasteiger partial charge in [-0.2, -0.15) is 0 Å². The molecule has 1 heterocycles. The van der Waals surface area contributed by atoms with Crippen LogP contribution in [0.2, 0.25) is 5.02 Å². The van der Waals surface area contributed by atoms with Crippen LogP contribution in [0.1, 0.15) is 11.1 Å². The second kappa shape index (κ2) is 7.98. The first kappa shape index (κ1) is 15.8. The molecular weight excluding hydrogens is 288 g/mol. The Morgan fingerprint density at radius 1 is 1.33 bits per heavy atom. The van der Waals surface area contributed by atoms with Crippen molar-refractivity contribution in [3.8, 4) is 5.75 Å². The Morgan fingerprint density at radius 2 is 2.19 bits per heavy atom. The van der Waals surface area contributed by atoms with E-state index in [1.807, 2.05) is 42.3 Å². The van der Waals surface area contributed by atoms with Crippen molar-refractivity contribution < 1.29 is 9.84 Å². The number of halogens is 1. The predicted octanol–water partition coefficient (Wildman–Crippen LogP) is 2.74. The van der Waals surface area contributed by atoms with Crippen LogP contribution >= 0.6 is 11.6 Å². The van der Waals surface area contributed by atoms with E-state index in [0.29, 0.717) is 24.7 Å². The highest BCUT2D eigenvalue weighted by Crippen LogP contribution is 2.25. The SMILES string of the molecule is CN(CCO)Cc1cc(Cl)ccc1OCc1cccnc1. The van der Waals surface area contributed by atoms with E-state index in [1.54, 1.807) is 12.4 Å². The van der Waals surface area contributed by atoms with Crippen molar-refractivity contribution in [2.75, 3.05) is 20.2 Å². The average Bonchev–Trinajstić information content (AvgIpc) is 2.48. The van der Waals surface area contributed by atoms with Gasteiger partial charge in [0.1, 0.15) is 12.4 Å². The minimum absolute atomic E-state index is 0.128. The summed E-state index contributed by atoms with van der Waals surface area (Å²) in [6.07, 6.45) is 3.52. The van der Waals surface area contributed by atoms with Crippen LogP contribution in [0, 0.1) is 0 Å². The molecular formula is C16H19ClN2O2. The number of pyridine rings is 1. The Balaban J connectivity index is 2.07. The zero-order valence-electron chi connectivity index (χ0n) is 12.0. The Hall–Kier alpha value is -1.62. The number of aliphatic hydroxyl groups is 1. The average molecular weight is 307 g/mol. The van der Waals surface area contributed by atoms with E-state index in [-0.39, 0.29) is 6.61 Å². The summed E-state index contributed by atoms with van der Waals surface area (Å²) in [6, 6.07) is 9.45. The van der Waals surface area contributed by atoms with Gasteiger partial charge >= 0.3 is 0 Å². The molecule has 0 unspecified atom stereocenters. The summed E-state index contributed by atoms with van der Waals surface area (Å²) in [6.45, 7) is 1.87. The zero-order valence-corrected chi connectivity index (χ0v) is 12.8. The molecule has 1 aromatic heterocycles. The maximum Gasteiger partial charge on any atom is 0.124 e. The second-order valence-corrected chi connectivity index (χ2v) is 5.30. The van der Waals surface area contributed by atoms with Gasteiger partial charge in [-0.15, -0.1) is 0 Å². The molecule has 0 atom stereocenters. The van der Waals surface area contributed by atoms with Gasteiger partial charge in [0.2, 0.25) is 0 Å². The summed E-state index contributed by atoms with van der Waals surface area (Å²) in [4.78, 5) is 6.09. The fourth-order valence-electron chi connectivity index (χ4n) is 2.00. The van der Waals surface area contributed by atoms with Gasteiger partial charge in [0.05, 0.1) is 6.61 Å². The highest BCUT2D eigenvalue weighted by Gasteiger charge is 2.08. The third-order valence-electron chi connectivity index (χ3n) is 3.06. The van der Waals surface area contributed by atoms with Crippen LogP contribution in [0.15, 0.2) is 42.7 Å². The highest BCUT2D eigenvalue weighted by atomic mass is 35.5. The molecule has 21 heavy (non-hydrogen) atoms. The van der Waals surface area contributed by atoms with Crippen molar-refractivity contribution in [1.82, 2.24) is 9.88 Å². The Kier molecular flexibility index (Phi) is 5.99. The molecule has 1 aromatic carbocycles. The number of aromatic nitrogens is 1. The van der Waals surface area contributed by atoms with Gasteiger partial charge in [0.15, 0.2) is 0 Å². The summed E-state index contributed by atoms with van der Waals surface area (Å²) < 4.78 is 5.87. The van der Waals surface area contributed by atoms with Gasteiger partial charge in [0, 0.05) is 41.6 Å². The number of likely N-dealkylation sites (N-methyl/N-ethyl adjacent to an activating group) is 1. The Morgan fingerprint density at radius 3 is 2.90 bits per heavy atom. The molecule has 5 heteroatoms. The largest absolute Gasteiger partial charge is 0.489 e. The number of aliphatic hydroxyl groups excluding tert-OH is 1. The molecule has 0 radical (unpaired) electrons. The zero-order chi connectivity index (χ0) is 15.1. The quantitative estimate of drug-likeness (QED) is 0.854. The third-order valence-corrected chi connectivity index (χ3v) is 3.30. The summed E-state index contributed by atoms with van der Waals surface area (Å²) in [5.74, 6) is 0.799. The number of benzene rings is 1. The molecule has 0 saturated carbocycles. The molecule has 0 aliphatic carbocycles. The van der Waals surface area contributed by atoms with Gasteiger partial charge in [-0.3, -0.25) is 9.88 Å². The lowest BCUT2D eigenvalue weighted by Crippen LogP contribution is -2.21. The molecule has 0 spiro atoms. The van der Waals surface area contributed by atoms with Crippen LogP contribution < -0.4 is 4.74 Å². The van der Waals surface area contributed by atoms with Crippen molar-refractivity contribution >= 4 is 11.6 Å². The molecule has 0 saturated heterocycles. The predicted molar refractivity (Wildman–Crippen MR) is 83.4 cm³/mol. The summed E-state index contributed by atoms with van der Waals surface area (Å²) in [5, 5.41) is 9.66. The monoisotopic (exact) mass is 306 g/mol. The van der Waals surface area contributed by atoms with E-state index >= 15 is 0 Å². The molecule has 4 nitrogen and oxygen atoms in total. The Labute approximate surface area is 130 Å². The van der Waals surface area contributed by atoms with Gasteiger partial charge in [-0.1, -0.05) is 17.7 Å². The first-order valence-corrected chi connectivity index (χ1v) is 7.16. The van der Waals surface area contributed by atoms with E-state index in [1.165, 1.54) is 0 Å². The maximum absolute atomic E-state index is 8.98. The molecule has 1 N–H and O–H groups in total. The minimum atomic E-state index is 0.128. The molecule has 0 aliphatic heterocycles. The van der Waals surface area contributed by atoms with Crippen LogP contribution in [0.3, 0.4) is 0 Å². The first-order valence-electron chi connectivity index (χ1n) is 6.78. The van der Waals surface area contributed by atoms with Crippen molar-refractivity contribution in [3.63, 3.8) is 0 Å². The number of nitrogens with zero attached hydrogens (tertiary/aromatic N) is 2. The van der Waals surface area contributed by atoms with Crippen molar-refractivity contribution in [2.24, 2.45) is 0 Å². The van der Waals surface area contributed by atoms with Gasteiger partial charge in [-0.05, 0) is 31.3 Å². The van der Waals surface area contributed by atoms with Crippen molar-refractivity contribution in [2.45, 2.75) is 13.2 Å². The molecule has 0 aliphatic rings.